The van der Waals surface area contributed by atoms with Crippen LogP contribution in [0.25, 0.3) is 28.2 Å². The van der Waals surface area contributed by atoms with Crippen molar-refractivity contribution < 1.29 is 4.39 Å². The second-order valence-corrected chi connectivity index (χ2v) is 7.52. The molecule has 0 atom stereocenters. The Balaban J connectivity index is 1.46. The molecule has 0 aliphatic carbocycles. The lowest BCUT2D eigenvalue weighted by atomic mass is 10.1. The molecule has 5 rings (SSSR count). The van der Waals surface area contributed by atoms with Crippen molar-refractivity contribution in [1.29, 1.82) is 0 Å². The normalized spacial score (nSPS) is 11.1. The predicted octanol–water partition coefficient (Wildman–Crippen LogP) is 4.97. The molecule has 148 valence electrons. The highest BCUT2D eigenvalue weighted by Gasteiger charge is 2.13. The maximum atomic E-state index is 14.3. The van der Waals surface area contributed by atoms with E-state index < -0.39 is 0 Å². The van der Waals surface area contributed by atoms with Crippen LogP contribution in [0.15, 0.2) is 66.2 Å². The number of aryl methyl sites for hydroxylation is 1. The largest absolute Gasteiger partial charge is 0.366 e. The van der Waals surface area contributed by atoms with Gasteiger partial charge in [0.2, 0.25) is 0 Å². The number of hydrogen-bond acceptors (Lipinski definition) is 6. The Bertz CT molecular complexity index is 1310. The molecule has 8 heteroatoms. The molecule has 0 bridgehead atoms. The molecule has 0 saturated heterocycles. The molecule has 6 nitrogen and oxygen atoms in total. The molecule has 0 aliphatic rings. The molecular weight excluding hydrogens is 399 g/mol. The molecule has 0 spiro atoms. The zero-order valence-corrected chi connectivity index (χ0v) is 16.9. The first-order valence-corrected chi connectivity index (χ1v) is 10.2. The fourth-order valence-corrected chi connectivity index (χ4v) is 3.75. The van der Waals surface area contributed by atoms with Crippen LogP contribution in [-0.4, -0.2) is 24.2 Å². The molecule has 0 saturated carbocycles. The van der Waals surface area contributed by atoms with Gasteiger partial charge in [-0.2, -0.15) is 9.61 Å². The van der Waals surface area contributed by atoms with Crippen LogP contribution in [0.3, 0.4) is 0 Å². The molecule has 1 N–H and O–H groups in total. The molecule has 0 aliphatic heterocycles. The summed E-state index contributed by atoms with van der Waals surface area (Å²) >= 11 is 1.33. The summed E-state index contributed by atoms with van der Waals surface area (Å²) < 4.78 is 20.0. The zero-order chi connectivity index (χ0) is 20.5. The minimum absolute atomic E-state index is 0.301. The van der Waals surface area contributed by atoms with Gasteiger partial charge in [0, 0.05) is 34.7 Å². The number of nitrogens with zero attached hydrogens (tertiary/aromatic N) is 5. The number of rotatable bonds is 5. The molecule has 2 aromatic carbocycles. The van der Waals surface area contributed by atoms with Crippen LogP contribution in [0.1, 0.15) is 11.1 Å². The van der Waals surface area contributed by atoms with Gasteiger partial charge >= 0.3 is 0 Å². The van der Waals surface area contributed by atoms with Crippen molar-refractivity contribution in [2.24, 2.45) is 0 Å². The summed E-state index contributed by atoms with van der Waals surface area (Å²) in [7, 11) is 0. The van der Waals surface area contributed by atoms with E-state index >= 15 is 0 Å². The van der Waals surface area contributed by atoms with E-state index in [9.17, 15) is 4.39 Å². The molecule has 3 heterocycles. The monoisotopic (exact) mass is 416 g/mol. The van der Waals surface area contributed by atoms with E-state index in [0.29, 0.717) is 23.4 Å². The smallest absolute Gasteiger partial charge is 0.160 e. The lowest BCUT2D eigenvalue weighted by molar-refractivity contribution is 0.630. The van der Waals surface area contributed by atoms with Gasteiger partial charge in [-0.1, -0.05) is 40.9 Å². The SMILES string of the molecule is Cc1cnn2c(NCc3ccc(-c4csnn4)cc3)cc(-c3ccccc3F)nc12. The minimum Gasteiger partial charge on any atom is -0.366 e. The molecule has 3 aromatic heterocycles. The number of nitrogens with one attached hydrogen (secondary N) is 1. The van der Waals surface area contributed by atoms with Crippen molar-refractivity contribution in [1.82, 2.24) is 24.2 Å². The summed E-state index contributed by atoms with van der Waals surface area (Å²) in [6.45, 7) is 2.53. The summed E-state index contributed by atoms with van der Waals surface area (Å²) in [4.78, 5) is 4.63. The van der Waals surface area contributed by atoms with Gasteiger partial charge in [-0.3, -0.25) is 0 Å². The summed E-state index contributed by atoms with van der Waals surface area (Å²) in [6, 6.07) is 16.6. The number of anilines is 1. The quantitative estimate of drug-likeness (QED) is 0.438. The highest BCUT2D eigenvalue weighted by molar-refractivity contribution is 7.03. The van der Waals surface area contributed by atoms with E-state index in [1.54, 1.807) is 28.9 Å². The molecule has 5 aromatic rings. The first-order chi connectivity index (χ1) is 14.7. The van der Waals surface area contributed by atoms with E-state index in [1.807, 2.05) is 42.6 Å². The van der Waals surface area contributed by atoms with Crippen LogP contribution in [0, 0.1) is 12.7 Å². The molecule has 30 heavy (non-hydrogen) atoms. The Kier molecular flexibility index (Phi) is 4.68. The Morgan fingerprint density at radius 2 is 1.90 bits per heavy atom. The topological polar surface area (TPSA) is 68.0 Å². The van der Waals surface area contributed by atoms with E-state index in [-0.39, 0.29) is 5.82 Å². The van der Waals surface area contributed by atoms with E-state index in [2.05, 4.69) is 25.0 Å². The molecule has 0 radical (unpaired) electrons. The van der Waals surface area contributed by atoms with Gasteiger partial charge in [0.05, 0.1) is 11.9 Å². The number of benzene rings is 2. The van der Waals surface area contributed by atoms with Crippen LogP contribution >= 0.6 is 11.5 Å². The maximum Gasteiger partial charge on any atom is 0.160 e. The molecule has 0 fully saturated rings. The Labute approximate surface area is 176 Å². The van der Waals surface area contributed by atoms with Crippen LogP contribution in [0.2, 0.25) is 0 Å². The van der Waals surface area contributed by atoms with Crippen molar-refractivity contribution in [2.45, 2.75) is 13.5 Å². The van der Waals surface area contributed by atoms with E-state index in [1.165, 1.54) is 17.6 Å². The Hall–Kier alpha value is -3.65. The van der Waals surface area contributed by atoms with Crippen molar-refractivity contribution in [3.8, 4) is 22.5 Å². The van der Waals surface area contributed by atoms with Gasteiger partial charge in [-0.25, -0.2) is 9.37 Å². The number of hydrogen-bond donors (Lipinski definition) is 1. The summed E-state index contributed by atoms with van der Waals surface area (Å²) in [6.07, 6.45) is 1.76. The van der Waals surface area contributed by atoms with Crippen molar-refractivity contribution in [3.05, 3.63) is 83.1 Å². The first kappa shape index (κ1) is 18.4. The van der Waals surface area contributed by atoms with Gasteiger partial charge in [0.1, 0.15) is 17.3 Å². The third-order valence-electron chi connectivity index (χ3n) is 4.88. The fourth-order valence-electron chi connectivity index (χ4n) is 3.28. The van der Waals surface area contributed by atoms with Crippen LogP contribution in [-0.2, 0) is 6.54 Å². The highest BCUT2D eigenvalue weighted by Crippen LogP contribution is 2.26. The maximum absolute atomic E-state index is 14.3. The first-order valence-electron chi connectivity index (χ1n) is 9.39. The molecule has 0 unspecified atom stereocenters. The van der Waals surface area contributed by atoms with Gasteiger partial charge in [-0.15, -0.1) is 5.10 Å². The highest BCUT2D eigenvalue weighted by atomic mass is 32.1. The molecular formula is C22H17FN6S. The van der Waals surface area contributed by atoms with Crippen molar-refractivity contribution in [2.75, 3.05) is 5.32 Å². The summed E-state index contributed by atoms with van der Waals surface area (Å²) in [5, 5.41) is 13.9. The number of fused-ring (bicyclic) bond motifs is 1. The third-order valence-corrected chi connectivity index (χ3v) is 5.39. The number of halogens is 1. The Morgan fingerprint density at radius 3 is 2.67 bits per heavy atom. The van der Waals surface area contributed by atoms with Crippen LogP contribution < -0.4 is 5.32 Å². The Morgan fingerprint density at radius 1 is 1.07 bits per heavy atom. The van der Waals surface area contributed by atoms with E-state index in [0.717, 1.165) is 28.2 Å². The summed E-state index contributed by atoms with van der Waals surface area (Å²) in [5.74, 6) is 0.448. The standard InChI is InChI=1S/C22H17FN6S/c1-14-11-25-29-21(10-19(26-22(14)29)17-4-2-3-5-18(17)23)24-12-15-6-8-16(9-7-15)20-13-30-28-27-20/h2-11,13,24H,12H2,1H3. The van der Waals surface area contributed by atoms with Crippen molar-refractivity contribution in [3.63, 3.8) is 0 Å². The van der Waals surface area contributed by atoms with Gasteiger partial charge in [-0.05, 0) is 36.2 Å². The van der Waals surface area contributed by atoms with Gasteiger partial charge < -0.3 is 5.32 Å². The lowest BCUT2D eigenvalue weighted by Crippen LogP contribution is -2.07. The number of aromatic nitrogens is 5. The lowest BCUT2D eigenvalue weighted by Gasteiger charge is -2.12. The zero-order valence-electron chi connectivity index (χ0n) is 16.1. The third kappa shape index (κ3) is 3.42. The van der Waals surface area contributed by atoms with Gasteiger partial charge in [0.25, 0.3) is 0 Å². The van der Waals surface area contributed by atoms with E-state index in [4.69, 9.17) is 0 Å². The predicted molar refractivity (Wildman–Crippen MR) is 116 cm³/mol. The second-order valence-electron chi connectivity index (χ2n) is 6.91. The minimum atomic E-state index is -0.301. The van der Waals surface area contributed by atoms with Crippen molar-refractivity contribution >= 4 is 23.0 Å². The average molecular weight is 416 g/mol. The summed E-state index contributed by atoms with van der Waals surface area (Å²) in [5.41, 5.74) is 5.66. The molecule has 0 amide bonds. The van der Waals surface area contributed by atoms with Crippen LogP contribution in [0.4, 0.5) is 10.2 Å². The second kappa shape index (κ2) is 7.64. The van der Waals surface area contributed by atoms with Gasteiger partial charge in [0.15, 0.2) is 5.65 Å². The fraction of sp³-hybridized carbons (Fsp3) is 0.0909. The average Bonchev–Trinajstić information content (AvgIpc) is 3.43. The van der Waals surface area contributed by atoms with Crippen LogP contribution in [0.5, 0.6) is 0 Å².